The highest BCUT2D eigenvalue weighted by Gasteiger charge is 2.37. The van der Waals surface area contributed by atoms with E-state index in [4.69, 9.17) is 9.47 Å². The number of nitrogens with zero attached hydrogens (tertiary/aromatic N) is 5. The zero-order valence-electron chi connectivity index (χ0n) is 17.8. The maximum Gasteiger partial charge on any atom is 0.453 e. The topological polar surface area (TPSA) is 81.9 Å². The SMILES string of the molecule is Cc1nc2nc(C(F)(F)F)nn2c(C)c1CCC(=O)N(C)C[C@H]1COc2ccccc2O1. The summed E-state index contributed by atoms with van der Waals surface area (Å²) in [4.78, 5) is 21.9. The van der Waals surface area contributed by atoms with Crippen molar-refractivity contribution in [2.75, 3.05) is 20.2 Å². The second-order valence-electron chi connectivity index (χ2n) is 7.68. The second-order valence-corrected chi connectivity index (χ2v) is 7.68. The van der Waals surface area contributed by atoms with Gasteiger partial charge in [-0.3, -0.25) is 4.79 Å². The van der Waals surface area contributed by atoms with Gasteiger partial charge in [0.25, 0.3) is 11.6 Å². The molecule has 1 amide bonds. The molecule has 32 heavy (non-hydrogen) atoms. The first-order valence-corrected chi connectivity index (χ1v) is 10.1. The van der Waals surface area contributed by atoms with Crippen LogP contribution in [0.3, 0.4) is 0 Å². The van der Waals surface area contributed by atoms with Gasteiger partial charge < -0.3 is 14.4 Å². The highest BCUT2D eigenvalue weighted by molar-refractivity contribution is 5.76. The number of rotatable bonds is 5. The van der Waals surface area contributed by atoms with Crippen molar-refractivity contribution in [1.82, 2.24) is 24.5 Å². The van der Waals surface area contributed by atoms with Crippen LogP contribution in [0.15, 0.2) is 24.3 Å². The first-order valence-electron chi connectivity index (χ1n) is 10.1. The third kappa shape index (κ3) is 4.32. The highest BCUT2D eigenvalue weighted by atomic mass is 19.4. The second kappa shape index (κ2) is 8.29. The number of benzene rings is 1. The Morgan fingerprint density at radius 1 is 1.22 bits per heavy atom. The van der Waals surface area contributed by atoms with Crippen LogP contribution in [0.5, 0.6) is 11.5 Å². The Morgan fingerprint density at radius 2 is 1.94 bits per heavy atom. The average molecular weight is 449 g/mol. The molecule has 1 atom stereocenters. The van der Waals surface area contributed by atoms with E-state index >= 15 is 0 Å². The number of para-hydroxylation sites is 2. The first kappa shape index (κ1) is 21.8. The molecule has 1 aliphatic heterocycles. The molecule has 0 fully saturated rings. The average Bonchev–Trinajstić information content (AvgIpc) is 3.18. The monoisotopic (exact) mass is 449 g/mol. The molecular formula is C21H22F3N5O3. The van der Waals surface area contributed by atoms with Gasteiger partial charge in [0.15, 0.2) is 17.6 Å². The molecule has 1 aromatic carbocycles. The summed E-state index contributed by atoms with van der Waals surface area (Å²) in [6, 6.07) is 7.34. The zero-order chi connectivity index (χ0) is 23.0. The molecule has 3 aromatic rings. The molecule has 0 radical (unpaired) electrons. The van der Waals surface area contributed by atoms with Gasteiger partial charge in [-0.2, -0.15) is 18.2 Å². The lowest BCUT2D eigenvalue weighted by Crippen LogP contribution is -2.41. The maximum absolute atomic E-state index is 12.9. The summed E-state index contributed by atoms with van der Waals surface area (Å²) in [6.45, 7) is 4.01. The summed E-state index contributed by atoms with van der Waals surface area (Å²) in [5, 5.41) is 3.54. The van der Waals surface area contributed by atoms with E-state index in [1.165, 1.54) is 0 Å². The predicted molar refractivity (Wildman–Crippen MR) is 108 cm³/mol. The van der Waals surface area contributed by atoms with E-state index < -0.39 is 12.0 Å². The normalized spacial score (nSPS) is 15.8. The Kier molecular flexibility index (Phi) is 5.66. The van der Waals surface area contributed by atoms with Crippen molar-refractivity contribution < 1.29 is 27.4 Å². The van der Waals surface area contributed by atoms with E-state index in [0.717, 1.165) is 4.52 Å². The van der Waals surface area contributed by atoms with Gasteiger partial charge in [0.1, 0.15) is 6.61 Å². The number of likely N-dealkylation sites (N-methyl/N-ethyl adjacent to an activating group) is 1. The van der Waals surface area contributed by atoms with E-state index in [9.17, 15) is 18.0 Å². The minimum absolute atomic E-state index is 0.116. The van der Waals surface area contributed by atoms with Gasteiger partial charge in [-0.25, -0.2) is 9.50 Å². The number of aromatic nitrogens is 4. The quantitative estimate of drug-likeness (QED) is 0.596. The van der Waals surface area contributed by atoms with E-state index in [1.807, 2.05) is 24.3 Å². The predicted octanol–water partition coefficient (Wildman–Crippen LogP) is 2.99. The lowest BCUT2D eigenvalue weighted by molar-refractivity contribution is -0.144. The number of hydrogen-bond donors (Lipinski definition) is 0. The van der Waals surface area contributed by atoms with Gasteiger partial charge in [-0.05, 0) is 38.0 Å². The molecule has 4 rings (SSSR count). The molecule has 0 spiro atoms. The van der Waals surface area contributed by atoms with Crippen LogP contribution >= 0.6 is 0 Å². The van der Waals surface area contributed by atoms with E-state index in [1.54, 1.807) is 25.8 Å². The number of fused-ring (bicyclic) bond motifs is 2. The van der Waals surface area contributed by atoms with Crippen LogP contribution < -0.4 is 9.47 Å². The van der Waals surface area contributed by atoms with Crippen molar-refractivity contribution in [3.63, 3.8) is 0 Å². The number of hydrogen-bond acceptors (Lipinski definition) is 6. The molecule has 0 saturated heterocycles. The number of amides is 1. The van der Waals surface area contributed by atoms with Crippen LogP contribution in [0.1, 0.15) is 29.2 Å². The fourth-order valence-corrected chi connectivity index (χ4v) is 3.67. The smallest absolute Gasteiger partial charge is 0.453 e. The number of ether oxygens (including phenoxy) is 2. The first-order chi connectivity index (χ1) is 15.1. The molecule has 0 N–H and O–H groups in total. The summed E-state index contributed by atoms with van der Waals surface area (Å²) in [5.74, 6) is -0.165. The van der Waals surface area contributed by atoms with Crippen LogP contribution in [0.25, 0.3) is 5.78 Å². The Morgan fingerprint density at radius 3 is 2.66 bits per heavy atom. The summed E-state index contributed by atoms with van der Waals surface area (Å²) in [6.07, 6.45) is -4.47. The van der Waals surface area contributed by atoms with Crippen LogP contribution in [-0.4, -0.2) is 56.7 Å². The van der Waals surface area contributed by atoms with E-state index in [-0.39, 0.29) is 24.2 Å². The zero-order valence-corrected chi connectivity index (χ0v) is 17.8. The van der Waals surface area contributed by atoms with E-state index in [0.29, 0.717) is 48.0 Å². The minimum atomic E-state index is -4.65. The van der Waals surface area contributed by atoms with Gasteiger partial charge in [-0.1, -0.05) is 12.1 Å². The largest absolute Gasteiger partial charge is 0.486 e. The summed E-state index contributed by atoms with van der Waals surface area (Å²) < 4.78 is 51.5. The Hall–Kier alpha value is -3.37. The maximum atomic E-state index is 12.9. The van der Waals surface area contributed by atoms with Crippen LogP contribution in [0.4, 0.5) is 13.2 Å². The van der Waals surface area contributed by atoms with Crippen molar-refractivity contribution in [1.29, 1.82) is 0 Å². The Balaban J connectivity index is 1.41. The van der Waals surface area contributed by atoms with E-state index in [2.05, 4.69) is 15.1 Å². The van der Waals surface area contributed by atoms with Gasteiger partial charge in [0.2, 0.25) is 5.91 Å². The number of halogens is 3. The van der Waals surface area contributed by atoms with Crippen molar-refractivity contribution in [2.24, 2.45) is 0 Å². The third-order valence-corrected chi connectivity index (χ3v) is 5.36. The van der Waals surface area contributed by atoms with Gasteiger partial charge >= 0.3 is 6.18 Å². The van der Waals surface area contributed by atoms with Crippen molar-refractivity contribution in [3.05, 3.63) is 47.0 Å². The van der Waals surface area contributed by atoms with Gasteiger partial charge in [0, 0.05) is 24.9 Å². The standard InChI is InChI=1S/C21H22F3N5O3/c1-12-15(13(2)29-20(25-12)26-19(27-29)21(22,23)24)8-9-18(30)28(3)10-14-11-31-16-6-4-5-7-17(16)32-14/h4-7,14H,8-11H2,1-3H3/t14-/m0/s1. The molecule has 0 bridgehead atoms. The van der Waals surface area contributed by atoms with Crippen molar-refractivity contribution in [3.8, 4) is 11.5 Å². The lowest BCUT2D eigenvalue weighted by atomic mass is 10.1. The molecule has 0 unspecified atom stereocenters. The molecule has 2 aromatic heterocycles. The molecule has 0 saturated carbocycles. The molecule has 1 aliphatic rings. The highest BCUT2D eigenvalue weighted by Crippen LogP contribution is 2.31. The van der Waals surface area contributed by atoms with Crippen LogP contribution in [0.2, 0.25) is 0 Å². The fourth-order valence-electron chi connectivity index (χ4n) is 3.67. The number of alkyl halides is 3. The lowest BCUT2D eigenvalue weighted by Gasteiger charge is -2.29. The summed E-state index contributed by atoms with van der Waals surface area (Å²) >= 11 is 0. The summed E-state index contributed by atoms with van der Waals surface area (Å²) in [7, 11) is 1.68. The fraction of sp³-hybridized carbons (Fsp3) is 0.429. The van der Waals surface area contributed by atoms with Crippen molar-refractivity contribution >= 4 is 11.7 Å². The van der Waals surface area contributed by atoms with Crippen molar-refractivity contribution in [2.45, 2.75) is 39.0 Å². The Labute approximate surface area is 182 Å². The molecule has 170 valence electrons. The molecule has 3 heterocycles. The minimum Gasteiger partial charge on any atom is -0.486 e. The summed E-state index contributed by atoms with van der Waals surface area (Å²) in [5.41, 5.74) is 1.67. The number of aryl methyl sites for hydroxylation is 2. The molecule has 0 aliphatic carbocycles. The van der Waals surface area contributed by atoms with Gasteiger partial charge in [-0.15, -0.1) is 5.10 Å². The number of carbonyl (C=O) groups excluding carboxylic acids is 1. The molecular weight excluding hydrogens is 427 g/mol. The van der Waals surface area contributed by atoms with Crippen LogP contribution in [-0.2, 0) is 17.4 Å². The van der Waals surface area contributed by atoms with Crippen LogP contribution in [0, 0.1) is 13.8 Å². The molecule has 11 heteroatoms. The van der Waals surface area contributed by atoms with Gasteiger partial charge in [0.05, 0.1) is 6.54 Å². The third-order valence-electron chi connectivity index (χ3n) is 5.36. The number of carbonyl (C=O) groups is 1. The molecule has 8 nitrogen and oxygen atoms in total. The Bertz CT molecular complexity index is 1160.